The summed E-state index contributed by atoms with van der Waals surface area (Å²) < 4.78 is 28.5. The molecule has 0 saturated heterocycles. The van der Waals surface area contributed by atoms with Crippen molar-refractivity contribution in [1.29, 1.82) is 0 Å². The number of rotatable bonds is 5. The van der Waals surface area contributed by atoms with E-state index in [2.05, 4.69) is 6.92 Å². The van der Waals surface area contributed by atoms with Crippen molar-refractivity contribution in [3.05, 3.63) is 0 Å². The van der Waals surface area contributed by atoms with Gasteiger partial charge in [0.15, 0.2) is 0 Å². The molecule has 2 aliphatic carbocycles. The Morgan fingerprint density at radius 3 is 2.00 bits per heavy atom. The predicted octanol–water partition coefficient (Wildman–Crippen LogP) is 2.47. The van der Waals surface area contributed by atoms with Gasteiger partial charge < -0.3 is 0 Å². The van der Waals surface area contributed by atoms with Crippen molar-refractivity contribution in [2.24, 2.45) is 11.8 Å². The van der Waals surface area contributed by atoms with E-state index in [0.29, 0.717) is 5.92 Å². The summed E-state index contributed by atoms with van der Waals surface area (Å²) in [7, 11) is 0.199. The SMILES string of the molecule is CC1CCC(N(C)S(=O)(=O)N(C)[C@@H](C)C2CC2)CC1. The molecule has 0 amide bonds. The van der Waals surface area contributed by atoms with Gasteiger partial charge in [0, 0.05) is 26.2 Å². The van der Waals surface area contributed by atoms with Gasteiger partial charge in [-0.05, 0) is 57.3 Å². The van der Waals surface area contributed by atoms with Crippen LogP contribution in [0.4, 0.5) is 0 Å². The summed E-state index contributed by atoms with van der Waals surface area (Å²) in [4.78, 5) is 0. The van der Waals surface area contributed by atoms with Crippen LogP contribution in [0.5, 0.6) is 0 Å². The highest BCUT2D eigenvalue weighted by Gasteiger charge is 2.39. The maximum Gasteiger partial charge on any atom is 0.281 e. The van der Waals surface area contributed by atoms with Gasteiger partial charge in [0.05, 0.1) is 0 Å². The van der Waals surface area contributed by atoms with E-state index in [1.165, 1.54) is 12.8 Å². The van der Waals surface area contributed by atoms with Crippen molar-refractivity contribution in [3.8, 4) is 0 Å². The van der Waals surface area contributed by atoms with Crippen LogP contribution >= 0.6 is 0 Å². The fourth-order valence-electron chi connectivity index (χ4n) is 3.08. The minimum Gasteiger partial charge on any atom is -0.195 e. The van der Waals surface area contributed by atoms with Gasteiger partial charge in [-0.2, -0.15) is 17.0 Å². The molecule has 2 aliphatic rings. The zero-order chi connectivity index (χ0) is 14.2. The zero-order valence-electron chi connectivity index (χ0n) is 12.7. The van der Waals surface area contributed by atoms with Gasteiger partial charge in [0.25, 0.3) is 10.2 Å². The highest BCUT2D eigenvalue weighted by Crippen LogP contribution is 2.36. The van der Waals surface area contributed by atoms with E-state index in [9.17, 15) is 8.42 Å². The van der Waals surface area contributed by atoms with Crippen molar-refractivity contribution >= 4 is 10.2 Å². The molecule has 1 atom stereocenters. The lowest BCUT2D eigenvalue weighted by Crippen LogP contribution is -2.49. The lowest BCUT2D eigenvalue weighted by molar-refractivity contribution is 0.227. The second-order valence-corrected chi connectivity index (χ2v) is 8.58. The third kappa shape index (κ3) is 3.31. The van der Waals surface area contributed by atoms with Gasteiger partial charge in [0.2, 0.25) is 0 Å². The van der Waals surface area contributed by atoms with Gasteiger partial charge in [-0.15, -0.1) is 0 Å². The summed E-state index contributed by atoms with van der Waals surface area (Å²) in [5, 5.41) is 0. The Bertz CT molecular complexity index is 398. The quantitative estimate of drug-likeness (QED) is 0.780. The number of hydrogen-bond acceptors (Lipinski definition) is 2. The van der Waals surface area contributed by atoms with E-state index >= 15 is 0 Å². The Morgan fingerprint density at radius 2 is 1.53 bits per heavy atom. The second-order valence-electron chi connectivity index (χ2n) is 6.53. The van der Waals surface area contributed by atoms with E-state index in [0.717, 1.165) is 31.6 Å². The molecule has 2 fully saturated rings. The molecule has 0 bridgehead atoms. The molecule has 0 N–H and O–H groups in total. The third-order valence-corrected chi connectivity index (χ3v) is 7.19. The fourth-order valence-corrected chi connectivity index (χ4v) is 4.67. The van der Waals surface area contributed by atoms with Crippen LogP contribution in [-0.4, -0.2) is 43.2 Å². The van der Waals surface area contributed by atoms with E-state index in [1.807, 2.05) is 6.92 Å². The summed E-state index contributed by atoms with van der Waals surface area (Å²) in [5.41, 5.74) is 0. The molecule has 0 aliphatic heterocycles. The van der Waals surface area contributed by atoms with Crippen LogP contribution in [0.3, 0.4) is 0 Å². The summed E-state index contributed by atoms with van der Waals surface area (Å²) >= 11 is 0. The molecule has 0 spiro atoms. The Labute approximate surface area is 118 Å². The van der Waals surface area contributed by atoms with Crippen LogP contribution in [0.2, 0.25) is 0 Å². The Kier molecular flexibility index (Phi) is 4.58. The smallest absolute Gasteiger partial charge is 0.195 e. The Morgan fingerprint density at radius 1 is 1.00 bits per heavy atom. The zero-order valence-corrected chi connectivity index (χ0v) is 13.5. The molecule has 19 heavy (non-hydrogen) atoms. The molecule has 0 aromatic rings. The highest BCUT2D eigenvalue weighted by atomic mass is 32.2. The number of nitrogens with zero attached hydrogens (tertiary/aromatic N) is 2. The van der Waals surface area contributed by atoms with Crippen LogP contribution < -0.4 is 0 Å². The minimum absolute atomic E-state index is 0.134. The van der Waals surface area contributed by atoms with E-state index in [4.69, 9.17) is 0 Å². The second kappa shape index (κ2) is 5.70. The van der Waals surface area contributed by atoms with Crippen molar-refractivity contribution in [2.45, 2.75) is 64.5 Å². The van der Waals surface area contributed by atoms with Gasteiger partial charge >= 0.3 is 0 Å². The molecular weight excluding hydrogens is 260 g/mol. The Hall–Kier alpha value is -0.130. The minimum atomic E-state index is -3.29. The first-order valence-electron chi connectivity index (χ1n) is 7.55. The van der Waals surface area contributed by atoms with Crippen molar-refractivity contribution in [3.63, 3.8) is 0 Å². The summed E-state index contributed by atoms with van der Waals surface area (Å²) in [5.74, 6) is 1.31. The van der Waals surface area contributed by atoms with E-state index in [-0.39, 0.29) is 12.1 Å². The summed E-state index contributed by atoms with van der Waals surface area (Å²) in [6.07, 6.45) is 6.64. The van der Waals surface area contributed by atoms with Gasteiger partial charge in [0.1, 0.15) is 0 Å². The standard InChI is InChI=1S/C14H28N2O2S/c1-11-5-9-14(10-6-11)16(4)19(17,18)15(3)12(2)13-7-8-13/h11-14H,5-10H2,1-4H3/t11?,12-,14?/m0/s1. The molecule has 0 aromatic heterocycles. The molecule has 2 rings (SSSR count). The first kappa shape index (κ1) is 15.3. The largest absolute Gasteiger partial charge is 0.281 e. The van der Waals surface area contributed by atoms with E-state index < -0.39 is 10.2 Å². The normalized spacial score (nSPS) is 30.8. The predicted molar refractivity (Wildman–Crippen MR) is 78.1 cm³/mol. The van der Waals surface area contributed by atoms with Crippen LogP contribution in [-0.2, 0) is 10.2 Å². The molecule has 112 valence electrons. The lowest BCUT2D eigenvalue weighted by atomic mass is 9.87. The van der Waals surface area contributed by atoms with Crippen LogP contribution in [0.25, 0.3) is 0 Å². The average Bonchev–Trinajstić information content (AvgIpc) is 3.21. The van der Waals surface area contributed by atoms with Crippen LogP contribution in [0.15, 0.2) is 0 Å². The number of hydrogen-bond donors (Lipinski definition) is 0. The highest BCUT2D eigenvalue weighted by molar-refractivity contribution is 7.86. The van der Waals surface area contributed by atoms with Gasteiger partial charge in [-0.1, -0.05) is 6.92 Å². The maximum absolute atomic E-state index is 12.6. The molecule has 0 aromatic carbocycles. The summed E-state index contributed by atoms with van der Waals surface area (Å²) in [6.45, 7) is 4.29. The molecule has 4 nitrogen and oxygen atoms in total. The van der Waals surface area contributed by atoms with E-state index in [1.54, 1.807) is 22.7 Å². The molecule has 0 radical (unpaired) electrons. The molecule has 2 saturated carbocycles. The monoisotopic (exact) mass is 288 g/mol. The van der Waals surface area contributed by atoms with Crippen molar-refractivity contribution in [1.82, 2.24) is 8.61 Å². The molecule has 0 heterocycles. The Balaban J connectivity index is 2.01. The maximum atomic E-state index is 12.6. The average molecular weight is 288 g/mol. The van der Waals surface area contributed by atoms with Crippen molar-refractivity contribution < 1.29 is 8.42 Å². The topological polar surface area (TPSA) is 40.6 Å². The van der Waals surface area contributed by atoms with Crippen LogP contribution in [0, 0.1) is 11.8 Å². The van der Waals surface area contributed by atoms with Gasteiger partial charge in [-0.25, -0.2) is 0 Å². The first-order chi connectivity index (χ1) is 8.84. The molecule has 5 heteroatoms. The molecule has 0 unspecified atom stereocenters. The lowest BCUT2D eigenvalue weighted by Gasteiger charge is -2.36. The fraction of sp³-hybridized carbons (Fsp3) is 1.00. The molecular formula is C14H28N2O2S. The third-order valence-electron chi connectivity index (χ3n) is 5.11. The first-order valence-corrected chi connectivity index (χ1v) is 8.94. The summed E-state index contributed by atoms with van der Waals surface area (Å²) in [6, 6.07) is 0.324. The van der Waals surface area contributed by atoms with Crippen molar-refractivity contribution in [2.75, 3.05) is 14.1 Å². The van der Waals surface area contributed by atoms with Crippen LogP contribution in [0.1, 0.15) is 52.4 Å². The van der Waals surface area contributed by atoms with Gasteiger partial charge in [-0.3, -0.25) is 0 Å².